The molecule has 1 saturated heterocycles. The lowest BCUT2D eigenvalue weighted by atomic mass is 9.85. The minimum atomic E-state index is -0.528. The molecular formula is C28H30N6O2. The number of carbonyl (C=O) groups excluding carboxylic acids is 1. The SMILES string of the molecule is Cn1ccc2c(-c3ccc(Nc4ccc(N5CCC(O)CC5)cn4)c4c3C(C)(C)NC4=O)ccnc21. The molecule has 3 aromatic heterocycles. The number of rotatable bonds is 4. The molecule has 0 unspecified atom stereocenters. The molecule has 1 amide bonds. The first-order chi connectivity index (χ1) is 17.3. The van der Waals surface area contributed by atoms with Gasteiger partial charge in [-0.1, -0.05) is 6.07 Å². The fraction of sp³-hybridized carbons (Fsp3) is 0.321. The number of amides is 1. The van der Waals surface area contributed by atoms with Crippen LogP contribution in [0.3, 0.4) is 0 Å². The number of carbonyl (C=O) groups is 1. The summed E-state index contributed by atoms with van der Waals surface area (Å²) in [5, 5.41) is 17.4. The van der Waals surface area contributed by atoms with E-state index in [0.717, 1.165) is 65.0 Å². The van der Waals surface area contributed by atoms with Crippen LogP contribution in [0.25, 0.3) is 22.2 Å². The number of nitrogens with zero attached hydrogens (tertiary/aromatic N) is 4. The van der Waals surface area contributed by atoms with Gasteiger partial charge in [-0.2, -0.15) is 0 Å². The smallest absolute Gasteiger partial charge is 0.254 e. The standard InChI is InChI=1S/C28H30N6O2/c1-28(2)25-20(19-8-12-29-26-21(19)11-13-33(26)3)5-6-22(24(25)27(36)32-28)31-23-7-4-17(16-30-23)34-14-9-18(35)10-15-34/h4-8,11-13,16,18,35H,9-10,14-15H2,1-3H3,(H,30,31)(H,32,36). The highest BCUT2D eigenvalue weighted by molar-refractivity contribution is 6.09. The predicted octanol–water partition coefficient (Wildman–Crippen LogP) is 4.32. The number of aryl methyl sites for hydroxylation is 1. The van der Waals surface area contributed by atoms with E-state index >= 15 is 0 Å². The molecule has 8 nitrogen and oxygen atoms in total. The van der Waals surface area contributed by atoms with Crippen molar-refractivity contribution in [2.75, 3.05) is 23.3 Å². The van der Waals surface area contributed by atoms with Crippen LogP contribution in [0.4, 0.5) is 17.2 Å². The number of anilines is 3. The number of aromatic nitrogens is 3. The summed E-state index contributed by atoms with van der Waals surface area (Å²) in [4.78, 5) is 24.6. The summed E-state index contributed by atoms with van der Waals surface area (Å²) in [6.07, 6.45) is 7.02. The summed E-state index contributed by atoms with van der Waals surface area (Å²) in [6, 6.07) is 12.1. The molecule has 3 N–H and O–H groups in total. The first kappa shape index (κ1) is 22.5. The molecule has 6 rings (SSSR count). The quantitative estimate of drug-likeness (QED) is 0.401. The average Bonchev–Trinajstić information content (AvgIpc) is 3.36. The van der Waals surface area contributed by atoms with E-state index in [0.29, 0.717) is 11.4 Å². The number of hydrogen-bond donors (Lipinski definition) is 3. The highest BCUT2D eigenvalue weighted by Gasteiger charge is 2.39. The Morgan fingerprint density at radius 2 is 1.86 bits per heavy atom. The second-order valence-electron chi connectivity index (χ2n) is 10.3. The van der Waals surface area contributed by atoms with Crippen molar-refractivity contribution in [3.63, 3.8) is 0 Å². The minimum absolute atomic E-state index is 0.0961. The lowest BCUT2D eigenvalue weighted by Crippen LogP contribution is -2.35. The molecule has 1 aromatic carbocycles. The molecule has 36 heavy (non-hydrogen) atoms. The van der Waals surface area contributed by atoms with Gasteiger partial charge in [0, 0.05) is 37.9 Å². The summed E-state index contributed by atoms with van der Waals surface area (Å²) in [5.74, 6) is 0.582. The predicted molar refractivity (Wildman–Crippen MR) is 142 cm³/mol. The first-order valence-corrected chi connectivity index (χ1v) is 12.4. The summed E-state index contributed by atoms with van der Waals surface area (Å²) in [5.41, 5.74) is 5.85. The Kier molecular flexibility index (Phi) is 5.22. The number of fused-ring (bicyclic) bond motifs is 2. The van der Waals surface area contributed by atoms with Crippen LogP contribution in [0.5, 0.6) is 0 Å². The zero-order valence-corrected chi connectivity index (χ0v) is 20.7. The second-order valence-corrected chi connectivity index (χ2v) is 10.3. The van der Waals surface area contributed by atoms with Gasteiger partial charge >= 0.3 is 0 Å². The Labute approximate surface area is 210 Å². The maximum absolute atomic E-state index is 13.2. The van der Waals surface area contributed by atoms with E-state index in [1.165, 1.54) is 0 Å². The van der Waals surface area contributed by atoms with Gasteiger partial charge in [0.15, 0.2) is 0 Å². The highest BCUT2D eigenvalue weighted by Crippen LogP contribution is 2.44. The van der Waals surface area contributed by atoms with Crippen molar-refractivity contribution >= 4 is 34.1 Å². The van der Waals surface area contributed by atoms with Crippen molar-refractivity contribution in [2.24, 2.45) is 7.05 Å². The normalized spacial score (nSPS) is 17.3. The Morgan fingerprint density at radius 3 is 2.61 bits per heavy atom. The third-order valence-electron chi connectivity index (χ3n) is 7.38. The van der Waals surface area contributed by atoms with Crippen LogP contribution >= 0.6 is 0 Å². The molecule has 0 spiro atoms. The van der Waals surface area contributed by atoms with E-state index in [1.54, 1.807) is 0 Å². The third-order valence-corrected chi connectivity index (χ3v) is 7.38. The van der Waals surface area contributed by atoms with Crippen molar-refractivity contribution in [1.29, 1.82) is 0 Å². The van der Waals surface area contributed by atoms with Gasteiger partial charge in [0.1, 0.15) is 11.5 Å². The first-order valence-electron chi connectivity index (χ1n) is 12.4. The van der Waals surface area contributed by atoms with Crippen molar-refractivity contribution in [3.05, 3.63) is 66.1 Å². The topological polar surface area (TPSA) is 95.3 Å². The van der Waals surface area contributed by atoms with Crippen LogP contribution in [0, 0.1) is 0 Å². The number of piperidine rings is 1. The number of pyridine rings is 2. The molecule has 0 aliphatic carbocycles. The van der Waals surface area contributed by atoms with Gasteiger partial charge in [0.25, 0.3) is 5.91 Å². The number of nitrogens with one attached hydrogen (secondary N) is 2. The summed E-state index contributed by atoms with van der Waals surface area (Å²) >= 11 is 0. The molecule has 2 aliphatic heterocycles. The van der Waals surface area contributed by atoms with Crippen molar-refractivity contribution in [1.82, 2.24) is 19.9 Å². The van der Waals surface area contributed by atoms with Gasteiger partial charge in [0.2, 0.25) is 0 Å². The van der Waals surface area contributed by atoms with Gasteiger partial charge in [0.05, 0.1) is 34.8 Å². The third kappa shape index (κ3) is 3.69. The summed E-state index contributed by atoms with van der Waals surface area (Å²) in [7, 11) is 1.98. The van der Waals surface area contributed by atoms with Crippen LogP contribution in [-0.4, -0.2) is 44.7 Å². The fourth-order valence-electron chi connectivity index (χ4n) is 5.53. The van der Waals surface area contributed by atoms with Crippen LogP contribution in [-0.2, 0) is 12.6 Å². The number of benzene rings is 1. The summed E-state index contributed by atoms with van der Waals surface area (Å²) < 4.78 is 2.00. The second kappa shape index (κ2) is 8.34. The molecule has 8 heteroatoms. The van der Waals surface area contributed by atoms with Crippen molar-refractivity contribution in [2.45, 2.75) is 38.3 Å². The number of aliphatic hydroxyl groups excluding tert-OH is 1. The van der Waals surface area contributed by atoms with E-state index in [2.05, 4.69) is 37.6 Å². The maximum atomic E-state index is 13.2. The number of aliphatic hydroxyl groups is 1. The number of hydrogen-bond acceptors (Lipinski definition) is 6. The highest BCUT2D eigenvalue weighted by atomic mass is 16.3. The van der Waals surface area contributed by atoms with Crippen LogP contribution in [0.1, 0.15) is 42.6 Å². The van der Waals surface area contributed by atoms with E-state index in [9.17, 15) is 9.90 Å². The molecule has 5 heterocycles. The van der Waals surface area contributed by atoms with Gasteiger partial charge in [-0.05, 0) is 73.7 Å². The molecule has 0 saturated carbocycles. The van der Waals surface area contributed by atoms with Crippen molar-refractivity contribution in [3.8, 4) is 11.1 Å². The Balaban J connectivity index is 1.38. The molecule has 1 fully saturated rings. The monoisotopic (exact) mass is 482 g/mol. The zero-order valence-electron chi connectivity index (χ0n) is 20.7. The average molecular weight is 483 g/mol. The molecule has 4 aromatic rings. The van der Waals surface area contributed by atoms with Gasteiger partial charge in [-0.3, -0.25) is 4.79 Å². The van der Waals surface area contributed by atoms with Crippen LogP contribution in [0.15, 0.2) is 55.0 Å². The minimum Gasteiger partial charge on any atom is -0.393 e. The van der Waals surface area contributed by atoms with Crippen molar-refractivity contribution < 1.29 is 9.90 Å². The fourth-order valence-corrected chi connectivity index (χ4v) is 5.53. The van der Waals surface area contributed by atoms with Gasteiger partial charge in [-0.15, -0.1) is 0 Å². The van der Waals surface area contributed by atoms with Crippen LogP contribution < -0.4 is 15.5 Å². The Morgan fingerprint density at radius 1 is 1.06 bits per heavy atom. The molecule has 184 valence electrons. The molecule has 0 bridgehead atoms. The lowest BCUT2D eigenvalue weighted by Gasteiger charge is -2.31. The Bertz CT molecular complexity index is 1470. The van der Waals surface area contributed by atoms with Gasteiger partial charge in [-0.25, -0.2) is 9.97 Å². The van der Waals surface area contributed by atoms with E-state index in [4.69, 9.17) is 0 Å². The molecule has 0 atom stereocenters. The zero-order chi connectivity index (χ0) is 25.0. The summed E-state index contributed by atoms with van der Waals surface area (Å²) in [6.45, 7) is 5.72. The van der Waals surface area contributed by atoms with Crippen LogP contribution in [0.2, 0.25) is 0 Å². The largest absolute Gasteiger partial charge is 0.393 e. The van der Waals surface area contributed by atoms with Gasteiger partial charge < -0.3 is 25.2 Å². The maximum Gasteiger partial charge on any atom is 0.254 e. The van der Waals surface area contributed by atoms with E-state index in [1.807, 2.05) is 68.3 Å². The lowest BCUT2D eigenvalue weighted by molar-refractivity contribution is 0.0941. The molecular weight excluding hydrogens is 452 g/mol. The Hall–Kier alpha value is -3.91. The van der Waals surface area contributed by atoms with E-state index in [-0.39, 0.29) is 12.0 Å². The molecule has 2 aliphatic rings. The molecule has 0 radical (unpaired) electrons. The van der Waals surface area contributed by atoms with E-state index < -0.39 is 5.54 Å².